The molecule has 2 fully saturated rings. The fraction of sp³-hybridized carbons (Fsp3) is 0.286. The maximum absolute atomic E-state index is 13.3. The molecule has 0 N–H and O–H groups in total. The lowest BCUT2D eigenvalue weighted by molar-refractivity contribution is 0.0746. The van der Waals surface area contributed by atoms with Gasteiger partial charge in [-0.2, -0.15) is 0 Å². The quantitative estimate of drug-likeness (QED) is 0.571. The van der Waals surface area contributed by atoms with Crippen LogP contribution in [0.2, 0.25) is 0 Å². The van der Waals surface area contributed by atoms with Crippen molar-refractivity contribution in [2.45, 2.75) is 13.0 Å². The summed E-state index contributed by atoms with van der Waals surface area (Å²) in [5.74, 6) is 0.0279. The Morgan fingerprint density at radius 2 is 1.38 bits per heavy atom. The molecule has 6 heteroatoms. The third kappa shape index (κ3) is 4.76. The molecular formula is C28H30N4O2. The first-order valence-corrected chi connectivity index (χ1v) is 12.0. The van der Waals surface area contributed by atoms with Crippen molar-refractivity contribution in [1.29, 1.82) is 0 Å². The van der Waals surface area contributed by atoms with E-state index in [9.17, 15) is 9.59 Å². The molecule has 0 saturated carbocycles. The second-order valence-corrected chi connectivity index (χ2v) is 8.86. The van der Waals surface area contributed by atoms with Crippen LogP contribution in [0, 0.1) is 0 Å². The number of anilines is 2. The molecule has 5 rings (SSSR count). The van der Waals surface area contributed by atoms with Crippen LogP contribution in [0.5, 0.6) is 0 Å². The van der Waals surface area contributed by atoms with Gasteiger partial charge in [-0.25, -0.2) is 4.79 Å². The normalized spacial score (nSPS) is 16.6. The van der Waals surface area contributed by atoms with E-state index in [1.54, 1.807) is 4.90 Å². The van der Waals surface area contributed by atoms with Crippen molar-refractivity contribution in [2.75, 3.05) is 49.1 Å². The summed E-state index contributed by atoms with van der Waals surface area (Å²) in [7, 11) is 0. The Balaban J connectivity index is 1.25. The average Bonchev–Trinajstić information content (AvgIpc) is 2.91. The van der Waals surface area contributed by atoms with Gasteiger partial charge in [-0.15, -0.1) is 0 Å². The molecule has 0 atom stereocenters. The Kier molecular flexibility index (Phi) is 6.47. The van der Waals surface area contributed by atoms with Crippen LogP contribution in [-0.4, -0.2) is 61.0 Å². The molecule has 0 radical (unpaired) electrons. The SMILES string of the molecule is O=C(c1cccc(N2CCCN(Cc3ccccc3)C2=O)c1)N1CCN(c2ccccc2)CC1. The number of rotatable bonds is 5. The summed E-state index contributed by atoms with van der Waals surface area (Å²) in [4.78, 5) is 34.4. The predicted octanol–water partition coefficient (Wildman–Crippen LogP) is 4.48. The molecule has 0 unspecified atom stereocenters. The van der Waals surface area contributed by atoms with Crippen LogP contribution in [0.15, 0.2) is 84.9 Å². The summed E-state index contributed by atoms with van der Waals surface area (Å²) in [6, 6.07) is 27.9. The Morgan fingerprint density at radius 3 is 2.12 bits per heavy atom. The number of amides is 3. The number of carbonyl (C=O) groups is 2. The first-order valence-electron chi connectivity index (χ1n) is 12.0. The Hall–Kier alpha value is -3.80. The van der Waals surface area contributed by atoms with Crippen molar-refractivity contribution >= 4 is 23.3 Å². The third-order valence-corrected chi connectivity index (χ3v) is 6.62. The number of hydrogen-bond acceptors (Lipinski definition) is 3. The van der Waals surface area contributed by atoms with Gasteiger partial charge in [0.2, 0.25) is 0 Å². The molecular weight excluding hydrogens is 424 g/mol. The van der Waals surface area contributed by atoms with Crippen LogP contribution in [-0.2, 0) is 6.54 Å². The average molecular weight is 455 g/mol. The lowest BCUT2D eigenvalue weighted by atomic mass is 10.1. The van der Waals surface area contributed by atoms with Gasteiger partial charge >= 0.3 is 6.03 Å². The standard InChI is InChI=1S/C28H30N4O2/c33-27(30-19-17-29(18-20-30)25-12-5-2-6-13-25)24-11-7-14-26(21-24)32-16-8-15-31(28(32)34)22-23-9-3-1-4-10-23/h1-7,9-14,21H,8,15-20,22H2. The number of piperazine rings is 1. The molecule has 34 heavy (non-hydrogen) atoms. The van der Waals surface area contributed by atoms with Crippen molar-refractivity contribution in [3.63, 3.8) is 0 Å². The van der Waals surface area contributed by atoms with Gasteiger partial charge in [0.25, 0.3) is 5.91 Å². The van der Waals surface area contributed by atoms with Crippen molar-refractivity contribution < 1.29 is 9.59 Å². The molecule has 2 saturated heterocycles. The van der Waals surface area contributed by atoms with Gasteiger partial charge in [0.05, 0.1) is 0 Å². The van der Waals surface area contributed by atoms with Crippen molar-refractivity contribution in [3.05, 3.63) is 96.1 Å². The number of benzene rings is 3. The summed E-state index contributed by atoms with van der Waals surface area (Å²) in [6.07, 6.45) is 0.901. The molecule has 0 bridgehead atoms. The number of carbonyl (C=O) groups excluding carboxylic acids is 2. The molecule has 3 amide bonds. The first kappa shape index (κ1) is 22.0. The first-order chi connectivity index (χ1) is 16.7. The summed E-state index contributed by atoms with van der Waals surface area (Å²) in [6.45, 7) is 5.01. The highest BCUT2D eigenvalue weighted by Crippen LogP contribution is 2.24. The Morgan fingerprint density at radius 1 is 0.706 bits per heavy atom. The third-order valence-electron chi connectivity index (χ3n) is 6.62. The van der Waals surface area contributed by atoms with Crippen LogP contribution in [0.4, 0.5) is 16.2 Å². The lowest BCUT2D eigenvalue weighted by Crippen LogP contribution is -2.49. The molecule has 174 valence electrons. The minimum atomic E-state index is -0.00354. The van der Waals surface area contributed by atoms with Gasteiger partial charge in [-0.1, -0.05) is 54.6 Å². The molecule has 3 aromatic carbocycles. The number of para-hydroxylation sites is 1. The van der Waals surface area contributed by atoms with Gasteiger partial charge in [-0.05, 0) is 42.3 Å². The highest BCUT2D eigenvalue weighted by atomic mass is 16.2. The van der Waals surface area contributed by atoms with Gasteiger partial charge in [0.1, 0.15) is 0 Å². The fourth-order valence-electron chi connectivity index (χ4n) is 4.77. The lowest BCUT2D eigenvalue weighted by Gasteiger charge is -2.37. The maximum Gasteiger partial charge on any atom is 0.324 e. The second kappa shape index (κ2) is 10.00. The van der Waals surface area contributed by atoms with Crippen LogP contribution < -0.4 is 9.80 Å². The zero-order valence-electron chi connectivity index (χ0n) is 19.3. The summed E-state index contributed by atoms with van der Waals surface area (Å²) < 4.78 is 0. The zero-order valence-corrected chi connectivity index (χ0v) is 19.3. The predicted molar refractivity (Wildman–Crippen MR) is 135 cm³/mol. The van der Waals surface area contributed by atoms with Crippen LogP contribution in [0.3, 0.4) is 0 Å². The molecule has 3 aromatic rings. The molecule has 6 nitrogen and oxygen atoms in total. The Labute approximate surface area is 201 Å². The van der Waals surface area contributed by atoms with Gasteiger partial charge < -0.3 is 14.7 Å². The minimum Gasteiger partial charge on any atom is -0.368 e. The zero-order chi connectivity index (χ0) is 23.3. The van der Waals surface area contributed by atoms with E-state index >= 15 is 0 Å². The number of urea groups is 1. The van der Waals surface area contributed by atoms with Crippen molar-refractivity contribution in [1.82, 2.24) is 9.80 Å². The monoisotopic (exact) mass is 454 g/mol. The largest absolute Gasteiger partial charge is 0.368 e. The van der Waals surface area contributed by atoms with Gasteiger partial charge in [-0.3, -0.25) is 9.69 Å². The highest BCUT2D eigenvalue weighted by molar-refractivity contribution is 5.98. The van der Waals surface area contributed by atoms with Crippen LogP contribution in [0.25, 0.3) is 0 Å². The summed E-state index contributed by atoms with van der Waals surface area (Å²) in [5, 5.41) is 0. The van der Waals surface area contributed by atoms with E-state index < -0.39 is 0 Å². The topological polar surface area (TPSA) is 47.1 Å². The van der Waals surface area contributed by atoms with E-state index in [4.69, 9.17) is 0 Å². The fourth-order valence-corrected chi connectivity index (χ4v) is 4.77. The van der Waals surface area contributed by atoms with E-state index in [0.717, 1.165) is 37.3 Å². The molecule has 0 aromatic heterocycles. The van der Waals surface area contributed by atoms with E-state index in [0.29, 0.717) is 31.7 Å². The molecule has 2 heterocycles. The van der Waals surface area contributed by atoms with Crippen LogP contribution >= 0.6 is 0 Å². The molecule has 2 aliphatic rings. The molecule has 2 aliphatic heterocycles. The number of nitrogens with zero attached hydrogens (tertiary/aromatic N) is 4. The van der Waals surface area contributed by atoms with E-state index in [1.165, 1.54) is 5.69 Å². The molecule has 0 aliphatic carbocycles. The Bertz CT molecular complexity index is 1130. The van der Waals surface area contributed by atoms with Crippen molar-refractivity contribution in [3.8, 4) is 0 Å². The van der Waals surface area contributed by atoms with E-state index in [2.05, 4.69) is 17.0 Å². The minimum absolute atomic E-state index is 0.00354. The number of hydrogen-bond donors (Lipinski definition) is 0. The summed E-state index contributed by atoms with van der Waals surface area (Å²) in [5.41, 5.74) is 3.74. The van der Waals surface area contributed by atoms with E-state index in [-0.39, 0.29) is 11.9 Å². The summed E-state index contributed by atoms with van der Waals surface area (Å²) >= 11 is 0. The highest BCUT2D eigenvalue weighted by Gasteiger charge is 2.28. The van der Waals surface area contributed by atoms with Crippen molar-refractivity contribution in [2.24, 2.45) is 0 Å². The van der Waals surface area contributed by atoms with Gasteiger partial charge in [0, 0.05) is 62.8 Å². The van der Waals surface area contributed by atoms with Crippen LogP contribution in [0.1, 0.15) is 22.3 Å². The molecule has 0 spiro atoms. The van der Waals surface area contributed by atoms with E-state index in [1.807, 2.05) is 82.6 Å². The maximum atomic E-state index is 13.3. The smallest absolute Gasteiger partial charge is 0.324 e. The van der Waals surface area contributed by atoms with Gasteiger partial charge in [0.15, 0.2) is 0 Å². The second-order valence-electron chi connectivity index (χ2n) is 8.86.